The zero-order valence-electron chi connectivity index (χ0n) is 10.4. The van der Waals surface area contributed by atoms with Gasteiger partial charge >= 0.3 is 0 Å². The van der Waals surface area contributed by atoms with Gasteiger partial charge in [-0.2, -0.15) is 0 Å². The van der Waals surface area contributed by atoms with E-state index in [-0.39, 0.29) is 12.0 Å². The third-order valence-electron chi connectivity index (χ3n) is 3.38. The molecule has 0 unspecified atom stereocenters. The van der Waals surface area contributed by atoms with E-state index >= 15 is 0 Å². The molecule has 1 aromatic carbocycles. The summed E-state index contributed by atoms with van der Waals surface area (Å²) in [5.41, 5.74) is 1.35. The molecule has 1 saturated heterocycles. The van der Waals surface area contributed by atoms with Crippen LogP contribution in [0.25, 0.3) is 0 Å². The Labute approximate surface area is 103 Å². The van der Waals surface area contributed by atoms with Crippen molar-refractivity contribution < 1.29 is 9.84 Å². The highest BCUT2D eigenvalue weighted by Crippen LogP contribution is 2.27. The van der Waals surface area contributed by atoms with E-state index in [1.165, 1.54) is 5.56 Å². The summed E-state index contributed by atoms with van der Waals surface area (Å²) in [6, 6.07) is 10.5. The Morgan fingerprint density at radius 1 is 1.29 bits per heavy atom. The zero-order valence-corrected chi connectivity index (χ0v) is 10.4. The quantitative estimate of drug-likeness (QED) is 0.803. The zero-order chi connectivity index (χ0) is 12.1. The average Bonchev–Trinajstić information content (AvgIpc) is 2.33. The maximum atomic E-state index is 9.36. The number of hydrogen-bond donors (Lipinski definition) is 1. The highest BCUT2D eigenvalue weighted by Gasteiger charge is 2.38. The summed E-state index contributed by atoms with van der Waals surface area (Å²) in [4.78, 5) is 2.28. The molecule has 3 nitrogen and oxygen atoms in total. The average molecular weight is 235 g/mol. The normalized spacial score (nSPS) is 18.1. The van der Waals surface area contributed by atoms with E-state index in [2.05, 4.69) is 36.2 Å². The molecule has 1 N–H and O–H groups in total. The predicted octanol–water partition coefficient (Wildman–Crippen LogP) is 1.17. The van der Waals surface area contributed by atoms with Crippen molar-refractivity contribution in [1.82, 2.24) is 4.90 Å². The largest absolute Gasteiger partial charge is 0.396 e. The summed E-state index contributed by atoms with van der Waals surface area (Å²) < 4.78 is 5.21. The van der Waals surface area contributed by atoms with E-state index in [0.717, 1.165) is 19.5 Å². The SMILES string of the molecule is CN(CCc1ccccc1)CC1(CO)COC1. The molecule has 0 radical (unpaired) electrons. The van der Waals surface area contributed by atoms with Crippen LogP contribution in [-0.2, 0) is 11.2 Å². The molecule has 1 aromatic rings. The van der Waals surface area contributed by atoms with Crippen molar-refractivity contribution in [2.45, 2.75) is 6.42 Å². The van der Waals surface area contributed by atoms with Crippen molar-refractivity contribution in [1.29, 1.82) is 0 Å². The molecule has 0 amide bonds. The van der Waals surface area contributed by atoms with Crippen LogP contribution in [0.4, 0.5) is 0 Å². The first kappa shape index (κ1) is 12.6. The fraction of sp³-hybridized carbons (Fsp3) is 0.571. The molecule has 1 aliphatic heterocycles. The second kappa shape index (κ2) is 5.63. The number of rotatable bonds is 6. The molecule has 0 aromatic heterocycles. The van der Waals surface area contributed by atoms with E-state index in [0.29, 0.717) is 13.2 Å². The van der Waals surface area contributed by atoms with Gasteiger partial charge in [0.1, 0.15) is 0 Å². The van der Waals surface area contributed by atoms with E-state index in [1.54, 1.807) is 0 Å². The van der Waals surface area contributed by atoms with Crippen molar-refractivity contribution in [3.63, 3.8) is 0 Å². The molecule has 17 heavy (non-hydrogen) atoms. The molecular formula is C14H21NO2. The van der Waals surface area contributed by atoms with Crippen LogP contribution in [0.1, 0.15) is 5.56 Å². The first-order valence-corrected chi connectivity index (χ1v) is 6.15. The van der Waals surface area contributed by atoms with Gasteiger partial charge in [-0.05, 0) is 19.0 Å². The Morgan fingerprint density at radius 3 is 2.53 bits per heavy atom. The highest BCUT2D eigenvalue weighted by molar-refractivity contribution is 5.14. The van der Waals surface area contributed by atoms with Crippen LogP contribution in [-0.4, -0.2) is 50.0 Å². The van der Waals surface area contributed by atoms with Gasteiger partial charge in [0, 0.05) is 13.1 Å². The van der Waals surface area contributed by atoms with Crippen LogP contribution in [0.5, 0.6) is 0 Å². The lowest BCUT2D eigenvalue weighted by atomic mass is 9.86. The van der Waals surface area contributed by atoms with Gasteiger partial charge in [-0.1, -0.05) is 30.3 Å². The smallest absolute Gasteiger partial charge is 0.0579 e. The third-order valence-corrected chi connectivity index (χ3v) is 3.38. The monoisotopic (exact) mass is 235 g/mol. The third kappa shape index (κ3) is 3.28. The van der Waals surface area contributed by atoms with Gasteiger partial charge in [0.2, 0.25) is 0 Å². The number of aliphatic hydroxyl groups is 1. The van der Waals surface area contributed by atoms with Crippen LogP contribution >= 0.6 is 0 Å². The van der Waals surface area contributed by atoms with Crippen LogP contribution in [0.15, 0.2) is 30.3 Å². The van der Waals surface area contributed by atoms with Crippen LogP contribution in [0.2, 0.25) is 0 Å². The van der Waals surface area contributed by atoms with Gasteiger partial charge in [-0.25, -0.2) is 0 Å². The molecule has 2 rings (SSSR count). The maximum absolute atomic E-state index is 9.36. The van der Waals surface area contributed by atoms with Gasteiger partial charge in [0.15, 0.2) is 0 Å². The number of hydrogen-bond acceptors (Lipinski definition) is 3. The summed E-state index contributed by atoms with van der Waals surface area (Å²) in [7, 11) is 2.11. The fourth-order valence-corrected chi connectivity index (χ4v) is 2.24. The second-order valence-corrected chi connectivity index (χ2v) is 5.12. The lowest BCUT2D eigenvalue weighted by Gasteiger charge is -2.42. The fourth-order valence-electron chi connectivity index (χ4n) is 2.24. The van der Waals surface area contributed by atoms with Gasteiger partial charge in [0.25, 0.3) is 0 Å². The van der Waals surface area contributed by atoms with Gasteiger partial charge in [-0.15, -0.1) is 0 Å². The molecule has 0 aliphatic carbocycles. The molecule has 1 fully saturated rings. The summed E-state index contributed by atoms with van der Waals surface area (Å²) in [6.07, 6.45) is 1.06. The Kier molecular flexibility index (Phi) is 4.15. The number of nitrogens with zero attached hydrogens (tertiary/aromatic N) is 1. The van der Waals surface area contributed by atoms with Crippen molar-refractivity contribution in [2.24, 2.45) is 5.41 Å². The minimum Gasteiger partial charge on any atom is -0.396 e. The van der Waals surface area contributed by atoms with Crippen molar-refractivity contribution in [3.05, 3.63) is 35.9 Å². The number of aliphatic hydroxyl groups excluding tert-OH is 1. The van der Waals surface area contributed by atoms with Crippen molar-refractivity contribution in [3.8, 4) is 0 Å². The van der Waals surface area contributed by atoms with Gasteiger partial charge in [0.05, 0.1) is 25.2 Å². The Balaban J connectivity index is 1.76. The Bertz CT molecular complexity index is 330. The number of ether oxygens (including phenoxy) is 1. The first-order chi connectivity index (χ1) is 8.24. The molecule has 1 aliphatic rings. The number of benzene rings is 1. The molecule has 94 valence electrons. The number of likely N-dealkylation sites (N-methyl/N-ethyl adjacent to an activating group) is 1. The van der Waals surface area contributed by atoms with Crippen LogP contribution in [0.3, 0.4) is 0 Å². The topological polar surface area (TPSA) is 32.7 Å². The summed E-state index contributed by atoms with van der Waals surface area (Å²) in [5, 5.41) is 9.36. The Morgan fingerprint density at radius 2 is 2.00 bits per heavy atom. The molecular weight excluding hydrogens is 214 g/mol. The summed E-state index contributed by atoms with van der Waals surface area (Å²) >= 11 is 0. The lowest BCUT2D eigenvalue weighted by molar-refractivity contribution is -0.146. The van der Waals surface area contributed by atoms with E-state index < -0.39 is 0 Å². The van der Waals surface area contributed by atoms with E-state index in [4.69, 9.17) is 4.74 Å². The van der Waals surface area contributed by atoms with Gasteiger partial charge < -0.3 is 14.7 Å². The molecule has 0 saturated carbocycles. The molecule has 1 heterocycles. The summed E-state index contributed by atoms with van der Waals surface area (Å²) in [6.45, 7) is 3.54. The minimum atomic E-state index is -0.00849. The minimum absolute atomic E-state index is 0.00849. The van der Waals surface area contributed by atoms with E-state index in [1.807, 2.05) is 6.07 Å². The molecule has 3 heteroatoms. The molecule has 0 atom stereocenters. The van der Waals surface area contributed by atoms with Gasteiger partial charge in [-0.3, -0.25) is 0 Å². The van der Waals surface area contributed by atoms with Crippen molar-refractivity contribution >= 4 is 0 Å². The Hall–Kier alpha value is -0.900. The molecule has 0 spiro atoms. The second-order valence-electron chi connectivity index (χ2n) is 5.12. The van der Waals surface area contributed by atoms with Crippen LogP contribution in [0, 0.1) is 5.41 Å². The predicted molar refractivity (Wildman–Crippen MR) is 68.0 cm³/mol. The summed E-state index contributed by atoms with van der Waals surface area (Å²) in [5.74, 6) is 0. The van der Waals surface area contributed by atoms with E-state index in [9.17, 15) is 5.11 Å². The van der Waals surface area contributed by atoms with Crippen LogP contribution < -0.4 is 0 Å². The highest BCUT2D eigenvalue weighted by atomic mass is 16.5. The standard InChI is InChI=1S/C14H21NO2/c1-15(9-14(10-16)11-17-12-14)8-7-13-5-3-2-4-6-13/h2-6,16H,7-12H2,1H3. The first-order valence-electron chi connectivity index (χ1n) is 6.15. The maximum Gasteiger partial charge on any atom is 0.0579 e. The lowest BCUT2D eigenvalue weighted by Crippen LogP contribution is -2.52. The molecule has 0 bridgehead atoms. The van der Waals surface area contributed by atoms with Crippen molar-refractivity contribution in [2.75, 3.05) is 40.0 Å².